The first kappa shape index (κ1) is 12.6. The summed E-state index contributed by atoms with van der Waals surface area (Å²) in [6, 6.07) is 9.97. The molecule has 1 amide bonds. The third-order valence-electron chi connectivity index (χ3n) is 2.10. The average Bonchev–Trinajstić information content (AvgIpc) is 2.78. The van der Waals surface area contributed by atoms with E-state index in [0.717, 1.165) is 0 Å². The smallest absolute Gasteiger partial charge is 0.281 e. The minimum absolute atomic E-state index is 0.106. The second kappa shape index (κ2) is 5.66. The number of benzene rings is 1. The average molecular weight is 281 g/mol. The van der Waals surface area contributed by atoms with Crippen LogP contribution in [0.5, 0.6) is 5.75 Å². The molecule has 0 aliphatic rings. The summed E-state index contributed by atoms with van der Waals surface area (Å²) >= 11 is 6.90. The maximum absolute atomic E-state index is 11.6. The minimum atomic E-state index is -0.335. The number of phenolic OH excluding ortho intramolecular Hbond substituents is 1. The maximum Gasteiger partial charge on any atom is 0.281 e. The van der Waals surface area contributed by atoms with Crippen LogP contribution in [0, 0.1) is 0 Å². The second-order valence-electron chi connectivity index (χ2n) is 3.36. The van der Waals surface area contributed by atoms with Gasteiger partial charge in [0.05, 0.1) is 15.4 Å². The molecule has 2 aromatic rings. The lowest BCUT2D eigenvalue weighted by Crippen LogP contribution is -2.16. The monoisotopic (exact) mass is 280 g/mol. The van der Waals surface area contributed by atoms with Crippen LogP contribution in [-0.2, 0) is 0 Å². The van der Waals surface area contributed by atoms with Gasteiger partial charge in [-0.1, -0.05) is 23.7 Å². The molecule has 6 heteroatoms. The molecule has 0 bridgehead atoms. The predicted octanol–water partition coefficient (Wildman–Crippen LogP) is 2.87. The highest BCUT2D eigenvalue weighted by molar-refractivity contribution is 7.17. The number of hydrogen-bond acceptors (Lipinski definition) is 4. The van der Waals surface area contributed by atoms with E-state index in [0.29, 0.717) is 14.8 Å². The van der Waals surface area contributed by atoms with Crippen LogP contribution >= 0.6 is 22.9 Å². The second-order valence-corrected chi connectivity index (χ2v) is 5.08. The van der Waals surface area contributed by atoms with Crippen LogP contribution in [0.1, 0.15) is 15.2 Å². The number of amides is 1. The molecule has 0 atom stereocenters. The molecule has 2 rings (SSSR count). The van der Waals surface area contributed by atoms with Crippen molar-refractivity contribution in [3.05, 3.63) is 51.2 Å². The molecule has 2 N–H and O–H groups in total. The fourth-order valence-corrected chi connectivity index (χ4v) is 2.18. The van der Waals surface area contributed by atoms with E-state index in [-0.39, 0.29) is 11.7 Å². The maximum atomic E-state index is 11.6. The first-order valence-corrected chi connectivity index (χ1v) is 6.23. The Labute approximate surface area is 113 Å². The van der Waals surface area contributed by atoms with Crippen molar-refractivity contribution in [2.45, 2.75) is 0 Å². The number of hydrogen-bond donors (Lipinski definition) is 2. The van der Waals surface area contributed by atoms with Crippen molar-refractivity contribution in [2.24, 2.45) is 5.10 Å². The summed E-state index contributed by atoms with van der Waals surface area (Å²) in [5, 5.41) is 13.2. The van der Waals surface area contributed by atoms with Crippen LogP contribution in [-0.4, -0.2) is 17.2 Å². The minimum Gasteiger partial charge on any atom is -0.507 e. The lowest BCUT2D eigenvalue weighted by atomic mass is 10.2. The van der Waals surface area contributed by atoms with Gasteiger partial charge in [0, 0.05) is 5.56 Å². The topological polar surface area (TPSA) is 61.7 Å². The molecule has 0 spiro atoms. The Kier molecular flexibility index (Phi) is 3.96. The van der Waals surface area contributed by atoms with Gasteiger partial charge >= 0.3 is 0 Å². The molecule has 0 fully saturated rings. The standard InChI is InChI=1S/C12H9ClN2O2S/c13-11-6-5-10(18-11)12(17)15-14-7-8-3-1-2-4-9(8)16/h1-7,16H,(H,15,17). The molecule has 92 valence electrons. The summed E-state index contributed by atoms with van der Waals surface area (Å²) < 4.78 is 0.546. The highest BCUT2D eigenvalue weighted by Gasteiger charge is 2.06. The summed E-state index contributed by atoms with van der Waals surface area (Å²) in [5.74, 6) is -0.228. The predicted molar refractivity (Wildman–Crippen MR) is 72.5 cm³/mol. The van der Waals surface area contributed by atoms with Crippen molar-refractivity contribution >= 4 is 35.1 Å². The van der Waals surface area contributed by atoms with Crippen LogP contribution in [0.4, 0.5) is 0 Å². The number of aromatic hydroxyl groups is 1. The van der Waals surface area contributed by atoms with Gasteiger partial charge in [0.2, 0.25) is 0 Å². The van der Waals surface area contributed by atoms with Gasteiger partial charge in [-0.15, -0.1) is 11.3 Å². The fourth-order valence-electron chi connectivity index (χ4n) is 1.25. The van der Waals surface area contributed by atoms with Gasteiger partial charge in [-0.3, -0.25) is 4.79 Å². The van der Waals surface area contributed by atoms with Gasteiger partial charge in [-0.25, -0.2) is 5.43 Å². The highest BCUT2D eigenvalue weighted by Crippen LogP contribution is 2.21. The van der Waals surface area contributed by atoms with Crippen molar-refractivity contribution in [1.29, 1.82) is 0 Å². The molecule has 0 unspecified atom stereocenters. The first-order chi connectivity index (χ1) is 8.66. The van der Waals surface area contributed by atoms with Crippen molar-refractivity contribution < 1.29 is 9.90 Å². The number of nitrogens with one attached hydrogen (secondary N) is 1. The van der Waals surface area contributed by atoms with Crippen LogP contribution in [0.25, 0.3) is 0 Å². The van der Waals surface area contributed by atoms with E-state index in [4.69, 9.17) is 11.6 Å². The summed E-state index contributed by atoms with van der Waals surface area (Å²) in [7, 11) is 0. The largest absolute Gasteiger partial charge is 0.507 e. The van der Waals surface area contributed by atoms with E-state index < -0.39 is 0 Å². The Morgan fingerprint density at radius 1 is 1.33 bits per heavy atom. The van der Waals surface area contributed by atoms with Crippen molar-refractivity contribution in [1.82, 2.24) is 5.43 Å². The van der Waals surface area contributed by atoms with Crippen molar-refractivity contribution in [3.63, 3.8) is 0 Å². The van der Waals surface area contributed by atoms with E-state index in [1.165, 1.54) is 17.6 Å². The number of thiophene rings is 1. The molecule has 18 heavy (non-hydrogen) atoms. The zero-order valence-corrected chi connectivity index (χ0v) is 10.7. The van der Waals surface area contributed by atoms with Crippen LogP contribution in [0.2, 0.25) is 4.34 Å². The summed E-state index contributed by atoms with van der Waals surface area (Å²) in [4.78, 5) is 12.1. The number of para-hydroxylation sites is 1. The third kappa shape index (κ3) is 3.09. The quantitative estimate of drug-likeness (QED) is 0.671. The molecule has 0 aliphatic heterocycles. The number of carbonyl (C=O) groups is 1. The zero-order valence-electron chi connectivity index (χ0n) is 9.13. The molecular weight excluding hydrogens is 272 g/mol. The number of rotatable bonds is 3. The van der Waals surface area contributed by atoms with Crippen LogP contribution in [0.15, 0.2) is 41.5 Å². The molecular formula is C12H9ClN2O2S. The third-order valence-corrected chi connectivity index (χ3v) is 3.33. The molecule has 1 aromatic heterocycles. The summed E-state index contributed by atoms with van der Waals surface area (Å²) in [6.07, 6.45) is 1.38. The van der Waals surface area contributed by atoms with Gasteiger partial charge in [-0.05, 0) is 24.3 Å². The first-order valence-electron chi connectivity index (χ1n) is 5.03. The Bertz CT molecular complexity index is 595. The molecule has 1 aromatic carbocycles. The number of halogens is 1. The van der Waals surface area contributed by atoms with E-state index in [2.05, 4.69) is 10.5 Å². The van der Waals surface area contributed by atoms with E-state index >= 15 is 0 Å². The molecule has 1 heterocycles. The SMILES string of the molecule is O=C(NN=Cc1ccccc1O)c1ccc(Cl)s1. The fraction of sp³-hybridized carbons (Fsp3) is 0. The Morgan fingerprint density at radius 3 is 2.78 bits per heavy atom. The molecule has 4 nitrogen and oxygen atoms in total. The lowest BCUT2D eigenvalue weighted by molar-refractivity contribution is 0.0959. The number of nitrogens with zero attached hydrogens (tertiary/aromatic N) is 1. The van der Waals surface area contributed by atoms with Gasteiger partial charge in [0.25, 0.3) is 5.91 Å². The van der Waals surface area contributed by atoms with Gasteiger partial charge in [-0.2, -0.15) is 5.10 Å². The molecule has 0 saturated carbocycles. The molecule has 0 radical (unpaired) electrons. The normalized spacial score (nSPS) is 10.7. The number of phenols is 1. The number of carbonyl (C=O) groups excluding carboxylic acids is 1. The van der Waals surface area contributed by atoms with Crippen LogP contribution < -0.4 is 5.43 Å². The Hall–Kier alpha value is -1.85. The zero-order chi connectivity index (χ0) is 13.0. The Morgan fingerprint density at radius 2 is 2.11 bits per heavy atom. The van der Waals surface area contributed by atoms with E-state index in [1.54, 1.807) is 36.4 Å². The van der Waals surface area contributed by atoms with Gasteiger partial charge in [0.15, 0.2) is 0 Å². The summed E-state index contributed by atoms with van der Waals surface area (Å²) in [6.45, 7) is 0. The van der Waals surface area contributed by atoms with Crippen molar-refractivity contribution in [2.75, 3.05) is 0 Å². The van der Waals surface area contributed by atoms with E-state index in [1.807, 2.05) is 0 Å². The number of hydrazone groups is 1. The van der Waals surface area contributed by atoms with Gasteiger partial charge in [0.1, 0.15) is 5.75 Å². The van der Waals surface area contributed by atoms with Gasteiger partial charge < -0.3 is 5.11 Å². The lowest BCUT2D eigenvalue weighted by Gasteiger charge is -1.97. The van der Waals surface area contributed by atoms with Crippen LogP contribution in [0.3, 0.4) is 0 Å². The van der Waals surface area contributed by atoms with E-state index in [9.17, 15) is 9.90 Å². The molecule has 0 aliphatic carbocycles. The highest BCUT2D eigenvalue weighted by atomic mass is 35.5. The van der Waals surface area contributed by atoms with Crippen molar-refractivity contribution in [3.8, 4) is 5.75 Å². The Balaban J connectivity index is 2.00. The summed E-state index contributed by atoms with van der Waals surface area (Å²) in [5.41, 5.74) is 2.89. The molecule has 0 saturated heterocycles.